The zero-order valence-electron chi connectivity index (χ0n) is 12.5. The number of hydrogen-bond donors (Lipinski definition) is 3. The molecule has 7 nitrogen and oxygen atoms in total. The van der Waals surface area contributed by atoms with Crippen LogP contribution in [0.3, 0.4) is 0 Å². The second kappa shape index (κ2) is 9.93. The van der Waals surface area contributed by atoms with Crippen LogP contribution in [0.4, 0.5) is 17.3 Å². The van der Waals surface area contributed by atoms with Gasteiger partial charge >= 0.3 is 5.69 Å². The Morgan fingerprint density at radius 3 is 2.62 bits per heavy atom. The first-order chi connectivity index (χ1) is 10.2. The topological polar surface area (TPSA) is 100 Å². The minimum Gasteiger partial charge on any atom is -0.396 e. The van der Waals surface area contributed by atoms with Crippen LogP contribution in [0.5, 0.6) is 0 Å². The van der Waals surface area contributed by atoms with Gasteiger partial charge in [0, 0.05) is 25.8 Å². The lowest BCUT2D eigenvalue weighted by molar-refractivity contribution is -0.384. The summed E-state index contributed by atoms with van der Waals surface area (Å²) >= 11 is 0. The summed E-state index contributed by atoms with van der Waals surface area (Å²) in [5, 5.41) is 25.8. The van der Waals surface area contributed by atoms with E-state index < -0.39 is 4.92 Å². The Hall–Kier alpha value is -1.89. The lowest BCUT2D eigenvalue weighted by atomic mass is 10.2. The Labute approximate surface area is 124 Å². The van der Waals surface area contributed by atoms with Gasteiger partial charge in [-0.3, -0.25) is 10.1 Å². The molecular formula is C14H24N4O3. The van der Waals surface area contributed by atoms with E-state index in [1.807, 2.05) is 6.92 Å². The predicted octanol–water partition coefficient (Wildman–Crippen LogP) is 2.78. The van der Waals surface area contributed by atoms with E-state index in [4.69, 9.17) is 5.11 Å². The molecule has 0 amide bonds. The molecule has 0 bridgehead atoms. The Kier molecular flexibility index (Phi) is 8.11. The van der Waals surface area contributed by atoms with Crippen molar-refractivity contribution < 1.29 is 10.0 Å². The molecule has 0 aliphatic heterocycles. The van der Waals surface area contributed by atoms with Gasteiger partial charge in [0.2, 0.25) is 5.82 Å². The van der Waals surface area contributed by atoms with Crippen LogP contribution in [-0.2, 0) is 0 Å². The maximum absolute atomic E-state index is 11.0. The average molecular weight is 296 g/mol. The van der Waals surface area contributed by atoms with Crippen molar-refractivity contribution in [2.75, 3.05) is 30.3 Å². The van der Waals surface area contributed by atoms with Crippen LogP contribution in [0.2, 0.25) is 0 Å². The molecule has 0 unspecified atom stereocenters. The summed E-state index contributed by atoms with van der Waals surface area (Å²) in [6.45, 7) is 3.68. The molecule has 0 aromatic carbocycles. The first-order valence-electron chi connectivity index (χ1n) is 7.43. The number of aliphatic hydroxyl groups excluding tert-OH is 1. The van der Waals surface area contributed by atoms with Crippen molar-refractivity contribution in [3.05, 3.63) is 22.2 Å². The minimum absolute atomic E-state index is 0.00703. The van der Waals surface area contributed by atoms with E-state index in [9.17, 15) is 10.1 Å². The molecule has 1 aromatic rings. The molecule has 0 saturated carbocycles. The van der Waals surface area contributed by atoms with Crippen molar-refractivity contribution in [3.8, 4) is 0 Å². The summed E-state index contributed by atoms with van der Waals surface area (Å²) in [6.07, 6.45) is 4.60. The molecule has 3 N–H and O–H groups in total. The number of nitro groups is 1. The fraction of sp³-hybridized carbons (Fsp3) is 0.643. The first-order valence-corrected chi connectivity index (χ1v) is 7.43. The molecule has 0 radical (unpaired) electrons. The van der Waals surface area contributed by atoms with Crippen LogP contribution in [-0.4, -0.2) is 34.7 Å². The van der Waals surface area contributed by atoms with Crippen molar-refractivity contribution in [1.82, 2.24) is 4.98 Å². The number of nitrogens with one attached hydrogen (secondary N) is 2. The predicted molar refractivity (Wildman–Crippen MR) is 83.7 cm³/mol. The number of anilines is 2. The van der Waals surface area contributed by atoms with Gasteiger partial charge in [-0.2, -0.15) is 0 Å². The summed E-state index contributed by atoms with van der Waals surface area (Å²) < 4.78 is 0. The highest BCUT2D eigenvalue weighted by atomic mass is 16.6. The molecule has 0 atom stereocenters. The van der Waals surface area contributed by atoms with Crippen molar-refractivity contribution in [1.29, 1.82) is 0 Å². The molecular weight excluding hydrogens is 272 g/mol. The van der Waals surface area contributed by atoms with E-state index in [-0.39, 0.29) is 12.3 Å². The highest BCUT2D eigenvalue weighted by Gasteiger charge is 2.15. The van der Waals surface area contributed by atoms with Gasteiger partial charge in [-0.05, 0) is 25.3 Å². The SMILES string of the molecule is CCCNc1ccc([N+](=O)[O-])c(NCCCCCCO)n1. The van der Waals surface area contributed by atoms with Gasteiger partial charge in [-0.1, -0.05) is 19.8 Å². The second-order valence-electron chi connectivity index (χ2n) is 4.81. The minimum atomic E-state index is -0.426. The third kappa shape index (κ3) is 6.40. The summed E-state index contributed by atoms with van der Waals surface area (Å²) in [5.74, 6) is 0.952. The Balaban J connectivity index is 2.57. The fourth-order valence-electron chi connectivity index (χ4n) is 1.88. The molecule has 21 heavy (non-hydrogen) atoms. The number of rotatable bonds is 11. The number of pyridine rings is 1. The molecule has 1 aromatic heterocycles. The average Bonchev–Trinajstić information content (AvgIpc) is 2.48. The normalized spacial score (nSPS) is 10.4. The molecule has 0 aliphatic carbocycles. The van der Waals surface area contributed by atoms with Gasteiger partial charge in [0.1, 0.15) is 5.82 Å². The number of aromatic nitrogens is 1. The summed E-state index contributed by atoms with van der Waals surface area (Å²) in [4.78, 5) is 14.8. The van der Waals surface area contributed by atoms with Gasteiger partial charge in [0.25, 0.3) is 0 Å². The van der Waals surface area contributed by atoms with Crippen LogP contribution in [0.25, 0.3) is 0 Å². The maximum Gasteiger partial charge on any atom is 0.311 e. The summed E-state index contributed by atoms with van der Waals surface area (Å²) in [6, 6.07) is 3.10. The first kappa shape index (κ1) is 17.2. The lowest BCUT2D eigenvalue weighted by Crippen LogP contribution is -2.09. The largest absolute Gasteiger partial charge is 0.396 e. The Morgan fingerprint density at radius 2 is 1.95 bits per heavy atom. The smallest absolute Gasteiger partial charge is 0.311 e. The molecule has 0 aliphatic rings. The van der Waals surface area contributed by atoms with E-state index in [2.05, 4.69) is 15.6 Å². The van der Waals surface area contributed by atoms with Crippen LogP contribution < -0.4 is 10.6 Å². The molecule has 1 rings (SSSR count). The van der Waals surface area contributed by atoms with Gasteiger partial charge in [0.15, 0.2) is 0 Å². The third-order valence-electron chi connectivity index (χ3n) is 3.00. The number of hydrogen-bond acceptors (Lipinski definition) is 6. The summed E-state index contributed by atoms with van der Waals surface area (Å²) in [7, 11) is 0. The number of nitrogens with zero attached hydrogens (tertiary/aromatic N) is 2. The van der Waals surface area contributed by atoms with Crippen molar-refractivity contribution in [2.24, 2.45) is 0 Å². The maximum atomic E-state index is 11.0. The van der Waals surface area contributed by atoms with Gasteiger partial charge < -0.3 is 15.7 Å². The molecule has 0 spiro atoms. The zero-order valence-corrected chi connectivity index (χ0v) is 12.5. The van der Waals surface area contributed by atoms with Gasteiger partial charge in [-0.15, -0.1) is 0 Å². The van der Waals surface area contributed by atoms with Gasteiger partial charge in [-0.25, -0.2) is 4.98 Å². The van der Waals surface area contributed by atoms with Crippen molar-refractivity contribution >= 4 is 17.3 Å². The molecule has 0 fully saturated rings. The van der Waals surface area contributed by atoms with Crippen LogP contribution in [0.15, 0.2) is 12.1 Å². The zero-order chi connectivity index (χ0) is 15.5. The Morgan fingerprint density at radius 1 is 1.19 bits per heavy atom. The van der Waals surface area contributed by atoms with Crippen LogP contribution >= 0.6 is 0 Å². The molecule has 1 heterocycles. The van der Waals surface area contributed by atoms with E-state index in [0.717, 1.165) is 38.6 Å². The highest BCUT2D eigenvalue weighted by Crippen LogP contribution is 2.24. The monoisotopic (exact) mass is 296 g/mol. The van der Waals surface area contributed by atoms with E-state index in [0.29, 0.717) is 18.2 Å². The Bertz CT molecular complexity index is 440. The highest BCUT2D eigenvalue weighted by molar-refractivity contribution is 5.60. The lowest BCUT2D eigenvalue weighted by Gasteiger charge is -2.09. The van der Waals surface area contributed by atoms with Crippen LogP contribution in [0.1, 0.15) is 39.0 Å². The van der Waals surface area contributed by atoms with Crippen molar-refractivity contribution in [2.45, 2.75) is 39.0 Å². The number of aliphatic hydroxyl groups is 1. The quantitative estimate of drug-likeness (QED) is 0.330. The molecule has 7 heteroatoms. The summed E-state index contributed by atoms with van der Waals surface area (Å²) in [5.41, 5.74) is -0.00703. The van der Waals surface area contributed by atoms with Crippen LogP contribution in [0, 0.1) is 10.1 Å². The standard InChI is InChI=1S/C14H24N4O3/c1-2-9-15-13-8-7-12(18(20)21)14(17-13)16-10-5-3-4-6-11-19/h7-8,19H,2-6,9-11H2,1H3,(H2,15,16,17). The van der Waals surface area contributed by atoms with Gasteiger partial charge in [0.05, 0.1) is 4.92 Å². The van der Waals surface area contributed by atoms with E-state index in [1.54, 1.807) is 6.07 Å². The molecule has 0 saturated heterocycles. The molecule has 118 valence electrons. The van der Waals surface area contributed by atoms with E-state index >= 15 is 0 Å². The van der Waals surface area contributed by atoms with Crippen molar-refractivity contribution in [3.63, 3.8) is 0 Å². The third-order valence-corrected chi connectivity index (χ3v) is 3.00. The fourth-order valence-corrected chi connectivity index (χ4v) is 1.88. The number of unbranched alkanes of at least 4 members (excludes halogenated alkanes) is 3. The second-order valence-corrected chi connectivity index (χ2v) is 4.81. The van der Waals surface area contributed by atoms with E-state index in [1.165, 1.54) is 6.07 Å².